The fourth-order valence-electron chi connectivity index (χ4n) is 7.54. The summed E-state index contributed by atoms with van der Waals surface area (Å²) < 4.78 is 6.21. The molecule has 0 aliphatic rings. The SMILES string of the molecule is c1ccc(-c2cccc(N(c3ccc(-c4cc5ccccc5c5ccccc45)cc3)c3ccc4c(ccc5oc(-c6ccccc6)nc54)c3)c2)cc1. The van der Waals surface area contributed by atoms with Crippen LogP contribution in [0, 0.1) is 0 Å². The summed E-state index contributed by atoms with van der Waals surface area (Å²) >= 11 is 0. The Balaban J connectivity index is 1.11. The Morgan fingerprint density at radius 2 is 1.00 bits per heavy atom. The van der Waals surface area contributed by atoms with Crippen LogP contribution in [-0.4, -0.2) is 4.98 Å². The quantitative estimate of drug-likeness (QED) is 0.166. The van der Waals surface area contributed by atoms with Crippen molar-refractivity contribution in [2.75, 3.05) is 4.90 Å². The van der Waals surface area contributed by atoms with Gasteiger partial charge in [0.1, 0.15) is 5.52 Å². The highest BCUT2D eigenvalue weighted by atomic mass is 16.3. The van der Waals surface area contributed by atoms with Crippen LogP contribution in [0.2, 0.25) is 0 Å². The number of nitrogens with zero attached hydrogens (tertiary/aromatic N) is 2. The van der Waals surface area contributed by atoms with E-state index < -0.39 is 0 Å². The number of oxazole rings is 1. The molecule has 0 amide bonds. The van der Waals surface area contributed by atoms with Crippen LogP contribution in [0.15, 0.2) is 199 Å². The Morgan fingerprint density at radius 3 is 1.81 bits per heavy atom. The van der Waals surface area contributed by atoms with E-state index in [2.05, 4.69) is 163 Å². The van der Waals surface area contributed by atoms with Crippen LogP contribution in [0.5, 0.6) is 0 Å². The van der Waals surface area contributed by atoms with Crippen LogP contribution in [0.1, 0.15) is 0 Å². The van der Waals surface area contributed by atoms with E-state index >= 15 is 0 Å². The maximum atomic E-state index is 6.21. The van der Waals surface area contributed by atoms with Gasteiger partial charge in [0.25, 0.3) is 0 Å². The fourth-order valence-corrected chi connectivity index (χ4v) is 7.54. The van der Waals surface area contributed by atoms with Gasteiger partial charge < -0.3 is 9.32 Å². The molecule has 0 saturated carbocycles. The average Bonchev–Trinajstić information content (AvgIpc) is 3.67. The first-order valence-corrected chi connectivity index (χ1v) is 17.6. The first-order chi connectivity index (χ1) is 25.8. The highest BCUT2D eigenvalue weighted by Crippen LogP contribution is 2.41. The van der Waals surface area contributed by atoms with Crippen molar-refractivity contribution in [3.63, 3.8) is 0 Å². The lowest BCUT2D eigenvalue weighted by atomic mass is 9.93. The second kappa shape index (κ2) is 12.4. The first-order valence-electron chi connectivity index (χ1n) is 17.6. The minimum atomic E-state index is 0.630. The molecule has 244 valence electrons. The van der Waals surface area contributed by atoms with E-state index in [1.54, 1.807) is 0 Å². The largest absolute Gasteiger partial charge is 0.436 e. The molecule has 0 spiro atoms. The molecule has 0 aliphatic carbocycles. The minimum absolute atomic E-state index is 0.630. The lowest BCUT2D eigenvalue weighted by Crippen LogP contribution is -2.10. The van der Waals surface area contributed by atoms with Gasteiger partial charge >= 0.3 is 0 Å². The summed E-state index contributed by atoms with van der Waals surface area (Å²) in [5, 5.41) is 7.20. The molecule has 0 fully saturated rings. The van der Waals surface area contributed by atoms with Gasteiger partial charge in [0, 0.05) is 28.0 Å². The fraction of sp³-hybridized carbons (Fsp3) is 0. The number of anilines is 3. The molecule has 0 radical (unpaired) electrons. The number of fused-ring (bicyclic) bond motifs is 6. The van der Waals surface area contributed by atoms with Crippen molar-refractivity contribution < 1.29 is 4.42 Å². The average molecular weight is 665 g/mol. The van der Waals surface area contributed by atoms with Crippen LogP contribution in [0.25, 0.3) is 77.1 Å². The van der Waals surface area contributed by atoms with E-state index in [1.165, 1.54) is 43.8 Å². The molecular weight excluding hydrogens is 633 g/mol. The molecule has 0 N–H and O–H groups in total. The molecule has 0 unspecified atom stereocenters. The number of rotatable bonds is 6. The van der Waals surface area contributed by atoms with Gasteiger partial charge in [-0.15, -0.1) is 0 Å². The number of hydrogen-bond donors (Lipinski definition) is 0. The van der Waals surface area contributed by atoms with Gasteiger partial charge in [-0.2, -0.15) is 0 Å². The molecule has 0 aliphatic heterocycles. The van der Waals surface area contributed by atoms with Crippen molar-refractivity contribution in [1.29, 1.82) is 0 Å². The van der Waals surface area contributed by atoms with Crippen LogP contribution in [0.3, 0.4) is 0 Å². The van der Waals surface area contributed by atoms with Gasteiger partial charge in [0.2, 0.25) is 5.89 Å². The molecule has 1 aromatic heterocycles. The Bertz CT molecular complexity index is 2890. The first kappa shape index (κ1) is 29.9. The highest BCUT2D eigenvalue weighted by Gasteiger charge is 2.17. The summed E-state index contributed by atoms with van der Waals surface area (Å²) in [6.07, 6.45) is 0. The molecule has 0 saturated heterocycles. The number of hydrogen-bond acceptors (Lipinski definition) is 3. The predicted molar refractivity (Wildman–Crippen MR) is 218 cm³/mol. The van der Waals surface area contributed by atoms with Crippen molar-refractivity contribution in [1.82, 2.24) is 4.98 Å². The highest BCUT2D eigenvalue weighted by molar-refractivity contribution is 6.14. The van der Waals surface area contributed by atoms with Gasteiger partial charge in [-0.3, -0.25) is 0 Å². The van der Waals surface area contributed by atoms with E-state index in [-0.39, 0.29) is 0 Å². The van der Waals surface area contributed by atoms with Crippen molar-refractivity contribution >= 4 is 60.5 Å². The molecule has 10 rings (SSSR count). The Labute approximate surface area is 301 Å². The molecule has 1 heterocycles. The van der Waals surface area contributed by atoms with E-state index in [0.717, 1.165) is 44.5 Å². The maximum Gasteiger partial charge on any atom is 0.227 e. The standard InChI is InChI=1S/C49H32N2O/c1-3-12-33(13-4-1)36-17-11-18-40(30-36)51(41-27-28-43-38(31-41)24-29-47-48(43)50-49(52-47)35-14-5-2-6-15-35)39-25-22-34(23-26-39)46-32-37-16-7-8-19-42(37)44-20-9-10-21-45(44)46/h1-32H. The van der Waals surface area contributed by atoms with E-state index in [9.17, 15) is 0 Å². The summed E-state index contributed by atoms with van der Waals surface area (Å²) in [5.41, 5.74) is 10.6. The summed E-state index contributed by atoms with van der Waals surface area (Å²) in [6.45, 7) is 0. The van der Waals surface area contributed by atoms with Crippen LogP contribution < -0.4 is 4.90 Å². The van der Waals surface area contributed by atoms with Gasteiger partial charge in [-0.25, -0.2) is 4.98 Å². The maximum absolute atomic E-state index is 6.21. The van der Waals surface area contributed by atoms with Crippen molar-refractivity contribution in [2.45, 2.75) is 0 Å². The summed E-state index contributed by atoms with van der Waals surface area (Å²) in [4.78, 5) is 7.29. The molecule has 3 heteroatoms. The third kappa shape index (κ3) is 5.19. The topological polar surface area (TPSA) is 29.3 Å². The van der Waals surface area contributed by atoms with Crippen LogP contribution in [0.4, 0.5) is 17.1 Å². The summed E-state index contributed by atoms with van der Waals surface area (Å²) in [7, 11) is 0. The van der Waals surface area contributed by atoms with E-state index in [0.29, 0.717) is 5.89 Å². The second-order valence-electron chi connectivity index (χ2n) is 13.2. The summed E-state index contributed by atoms with van der Waals surface area (Å²) in [6, 6.07) is 68.9. The van der Waals surface area contributed by atoms with Crippen LogP contribution >= 0.6 is 0 Å². The number of benzene rings is 9. The van der Waals surface area contributed by atoms with Gasteiger partial charge in [-0.05, 0) is 116 Å². The monoisotopic (exact) mass is 664 g/mol. The zero-order chi connectivity index (χ0) is 34.4. The Hall–Kier alpha value is -6.97. The lowest BCUT2D eigenvalue weighted by Gasteiger charge is -2.26. The molecular formula is C49H32N2O. The van der Waals surface area contributed by atoms with E-state index in [1.807, 2.05) is 36.4 Å². The molecule has 9 aromatic carbocycles. The van der Waals surface area contributed by atoms with Crippen molar-refractivity contribution in [2.24, 2.45) is 0 Å². The van der Waals surface area contributed by atoms with Crippen molar-refractivity contribution in [3.05, 3.63) is 194 Å². The normalized spacial score (nSPS) is 11.5. The zero-order valence-electron chi connectivity index (χ0n) is 28.3. The van der Waals surface area contributed by atoms with E-state index in [4.69, 9.17) is 9.40 Å². The molecule has 0 atom stereocenters. The lowest BCUT2D eigenvalue weighted by molar-refractivity contribution is 0.620. The van der Waals surface area contributed by atoms with Crippen LogP contribution in [-0.2, 0) is 0 Å². The summed E-state index contributed by atoms with van der Waals surface area (Å²) in [5.74, 6) is 0.630. The van der Waals surface area contributed by atoms with Crippen molar-refractivity contribution in [3.8, 4) is 33.7 Å². The van der Waals surface area contributed by atoms with Gasteiger partial charge in [0.05, 0.1) is 0 Å². The smallest absolute Gasteiger partial charge is 0.227 e. The molecule has 10 aromatic rings. The third-order valence-electron chi connectivity index (χ3n) is 10.1. The molecule has 0 bridgehead atoms. The third-order valence-corrected chi connectivity index (χ3v) is 10.1. The zero-order valence-corrected chi connectivity index (χ0v) is 28.3. The molecule has 3 nitrogen and oxygen atoms in total. The van der Waals surface area contributed by atoms with Gasteiger partial charge in [-0.1, -0.05) is 127 Å². The predicted octanol–water partition coefficient (Wildman–Crippen LogP) is 13.8. The number of aromatic nitrogens is 1. The minimum Gasteiger partial charge on any atom is -0.436 e. The van der Waals surface area contributed by atoms with Gasteiger partial charge in [0.15, 0.2) is 5.58 Å². The Morgan fingerprint density at radius 1 is 0.365 bits per heavy atom. The second-order valence-corrected chi connectivity index (χ2v) is 13.2. The molecule has 52 heavy (non-hydrogen) atoms. The Kier molecular flexibility index (Phi) is 7.14.